The number of aromatic nitrogens is 2. The third kappa shape index (κ3) is 6.31. The molecule has 4 rings (SSSR count). The van der Waals surface area contributed by atoms with Gasteiger partial charge < -0.3 is 20.3 Å². The number of anilines is 1. The first-order valence-corrected chi connectivity index (χ1v) is 12.2. The molecule has 0 bridgehead atoms. The molecular weight excluding hydrogens is 503 g/mol. The minimum Gasteiger partial charge on any atom is -0.430 e. The normalized spacial score (nSPS) is 16.1. The van der Waals surface area contributed by atoms with Crippen LogP contribution in [0.1, 0.15) is 18.3 Å². The highest BCUT2D eigenvalue weighted by atomic mass is 32.1. The Balaban J connectivity index is 1.54. The number of urea groups is 2. The molecule has 0 spiro atoms. The minimum absolute atomic E-state index is 0.0557. The second-order valence-electron chi connectivity index (χ2n) is 8.98. The van der Waals surface area contributed by atoms with Crippen molar-refractivity contribution in [3.63, 3.8) is 0 Å². The van der Waals surface area contributed by atoms with Crippen molar-refractivity contribution in [2.45, 2.75) is 26.7 Å². The number of hydrogen-bond donors (Lipinski definition) is 4. The van der Waals surface area contributed by atoms with Gasteiger partial charge in [0.05, 0.1) is 19.8 Å². The van der Waals surface area contributed by atoms with Crippen LogP contribution < -0.4 is 15.4 Å². The topological polar surface area (TPSA) is 140 Å². The van der Waals surface area contributed by atoms with Gasteiger partial charge in [0.1, 0.15) is 17.4 Å². The summed E-state index contributed by atoms with van der Waals surface area (Å²) < 4.78 is 23.2. The number of carbonyl (C=O) groups excluding carboxylic acids is 2. The number of aliphatic hydroxyl groups is 2. The van der Waals surface area contributed by atoms with Gasteiger partial charge in [-0.3, -0.25) is 10.2 Å². The molecule has 2 aromatic carbocycles. The van der Waals surface area contributed by atoms with E-state index >= 15 is 0 Å². The van der Waals surface area contributed by atoms with Crippen LogP contribution >= 0.6 is 11.5 Å². The maximum Gasteiger partial charge on any atom is 0.331 e. The predicted octanol–water partition coefficient (Wildman–Crippen LogP) is 3.11. The van der Waals surface area contributed by atoms with Gasteiger partial charge in [-0.1, -0.05) is 19.1 Å². The van der Waals surface area contributed by atoms with Crippen molar-refractivity contribution in [1.29, 1.82) is 0 Å². The second-order valence-corrected chi connectivity index (χ2v) is 9.69. The molecule has 2 heterocycles. The highest BCUT2D eigenvalue weighted by Crippen LogP contribution is 2.26. The van der Waals surface area contributed by atoms with E-state index in [1.807, 2.05) is 0 Å². The summed E-state index contributed by atoms with van der Waals surface area (Å²) in [6.45, 7) is 2.34. The van der Waals surface area contributed by atoms with Crippen molar-refractivity contribution in [3.8, 4) is 10.9 Å². The van der Waals surface area contributed by atoms with E-state index in [4.69, 9.17) is 4.74 Å². The highest BCUT2D eigenvalue weighted by molar-refractivity contribution is 7.07. The number of aliphatic hydroxyl groups excluding tert-OH is 2. The van der Waals surface area contributed by atoms with Crippen LogP contribution in [0.4, 0.5) is 19.7 Å². The summed E-state index contributed by atoms with van der Waals surface area (Å²) in [5, 5.41) is 25.6. The largest absolute Gasteiger partial charge is 0.430 e. The maximum absolute atomic E-state index is 13.5. The van der Waals surface area contributed by atoms with Crippen LogP contribution in [0, 0.1) is 18.2 Å². The zero-order chi connectivity index (χ0) is 26.6. The van der Waals surface area contributed by atoms with Crippen molar-refractivity contribution in [1.82, 2.24) is 24.5 Å². The Labute approximate surface area is 216 Å². The first kappa shape index (κ1) is 26.3. The highest BCUT2D eigenvalue weighted by Gasteiger charge is 2.41. The number of hydrogen-bond acceptors (Lipinski definition) is 9. The molecule has 1 saturated heterocycles. The van der Waals surface area contributed by atoms with E-state index < -0.39 is 42.8 Å². The molecule has 1 aliphatic heterocycles. The lowest BCUT2D eigenvalue weighted by Gasteiger charge is -2.43. The number of nitrogens with one attached hydrogen (secondary N) is 2. The van der Waals surface area contributed by atoms with E-state index in [9.17, 15) is 24.2 Å². The van der Waals surface area contributed by atoms with E-state index in [1.54, 1.807) is 50.2 Å². The van der Waals surface area contributed by atoms with Crippen molar-refractivity contribution in [2.75, 3.05) is 25.1 Å². The predicted molar refractivity (Wildman–Crippen MR) is 133 cm³/mol. The fourth-order valence-corrected chi connectivity index (χ4v) is 4.11. The van der Waals surface area contributed by atoms with Gasteiger partial charge in [0.2, 0.25) is 0 Å². The molecule has 0 radical (unpaired) electrons. The molecule has 13 heteroatoms. The SMILES string of the molecule is Cc1nsc(Oc2ccc(NC3NC(=O)N(CC(C)(CO)CO)C(=O)N3Cc3ccc(F)cc3)cc2)n1. The third-order valence-corrected chi connectivity index (χ3v) is 6.42. The number of benzene rings is 2. The number of aryl methyl sites for hydroxylation is 1. The summed E-state index contributed by atoms with van der Waals surface area (Å²) in [4.78, 5) is 32.8. The lowest BCUT2D eigenvalue weighted by atomic mass is 9.92. The van der Waals surface area contributed by atoms with Crippen molar-refractivity contribution in [2.24, 2.45) is 5.41 Å². The summed E-state index contributed by atoms with van der Waals surface area (Å²) >= 11 is 1.14. The van der Waals surface area contributed by atoms with E-state index in [-0.39, 0.29) is 13.1 Å². The van der Waals surface area contributed by atoms with Crippen LogP contribution in [0.15, 0.2) is 48.5 Å². The van der Waals surface area contributed by atoms with Crippen LogP contribution in [-0.2, 0) is 6.54 Å². The summed E-state index contributed by atoms with van der Waals surface area (Å²) in [6, 6.07) is 11.2. The van der Waals surface area contributed by atoms with Gasteiger partial charge in [-0.05, 0) is 48.9 Å². The molecule has 4 amide bonds. The first-order valence-electron chi connectivity index (χ1n) is 11.4. The fraction of sp³-hybridized carbons (Fsp3) is 0.333. The van der Waals surface area contributed by atoms with Gasteiger partial charge in [-0.25, -0.2) is 18.9 Å². The van der Waals surface area contributed by atoms with E-state index in [2.05, 4.69) is 20.0 Å². The lowest BCUT2D eigenvalue weighted by Crippen LogP contribution is -2.68. The average molecular weight is 531 g/mol. The molecule has 1 fully saturated rings. The van der Waals surface area contributed by atoms with Gasteiger partial charge >= 0.3 is 12.1 Å². The zero-order valence-electron chi connectivity index (χ0n) is 20.2. The molecule has 4 N–H and O–H groups in total. The minimum atomic E-state index is -1.09. The Morgan fingerprint density at radius 2 is 1.81 bits per heavy atom. The van der Waals surface area contributed by atoms with Crippen LogP contribution in [0.25, 0.3) is 0 Å². The lowest BCUT2D eigenvalue weighted by molar-refractivity contribution is 0.0362. The van der Waals surface area contributed by atoms with E-state index in [1.165, 1.54) is 17.0 Å². The average Bonchev–Trinajstić information content (AvgIpc) is 3.30. The molecule has 196 valence electrons. The summed E-state index contributed by atoms with van der Waals surface area (Å²) in [5.41, 5.74) is 0.142. The van der Waals surface area contributed by atoms with Crippen molar-refractivity contribution < 1.29 is 28.9 Å². The Morgan fingerprint density at radius 3 is 2.41 bits per heavy atom. The smallest absolute Gasteiger partial charge is 0.331 e. The standard InChI is InChI=1S/C24H27FN6O5S/c1-15-26-22(37-29-15)36-19-9-7-18(8-10-19)27-20-28-21(34)31(12-24(2,13-32)14-33)23(35)30(20)11-16-3-5-17(25)6-4-16/h3-10,20,27,32-33H,11-14H2,1-2H3,(H,28,34). The van der Waals surface area contributed by atoms with Gasteiger partial charge in [0.25, 0.3) is 5.19 Å². The number of amides is 4. The quantitative estimate of drug-likeness (QED) is 0.314. The number of ether oxygens (including phenoxy) is 1. The molecule has 1 aliphatic rings. The van der Waals surface area contributed by atoms with Gasteiger partial charge in [-0.15, -0.1) is 0 Å². The van der Waals surface area contributed by atoms with E-state index in [0.29, 0.717) is 28.0 Å². The van der Waals surface area contributed by atoms with Crippen LogP contribution in [0.5, 0.6) is 10.9 Å². The third-order valence-electron chi connectivity index (χ3n) is 5.73. The first-order chi connectivity index (χ1) is 17.7. The molecule has 37 heavy (non-hydrogen) atoms. The molecule has 11 nitrogen and oxygen atoms in total. The zero-order valence-corrected chi connectivity index (χ0v) is 21.0. The molecule has 3 aromatic rings. The molecule has 0 aliphatic carbocycles. The molecule has 1 aromatic heterocycles. The number of rotatable bonds is 10. The van der Waals surface area contributed by atoms with Crippen molar-refractivity contribution >= 4 is 29.3 Å². The van der Waals surface area contributed by atoms with E-state index in [0.717, 1.165) is 16.4 Å². The van der Waals surface area contributed by atoms with Gasteiger partial charge in [0.15, 0.2) is 6.29 Å². The number of nitrogens with zero attached hydrogens (tertiary/aromatic N) is 4. The summed E-state index contributed by atoms with van der Waals surface area (Å²) in [6.07, 6.45) is -0.937. The molecular formula is C24H27FN6O5S. The maximum atomic E-state index is 13.5. The van der Waals surface area contributed by atoms with Crippen molar-refractivity contribution in [3.05, 3.63) is 65.7 Å². The van der Waals surface area contributed by atoms with Crippen LogP contribution in [-0.4, -0.2) is 67.5 Å². The molecule has 1 atom stereocenters. The van der Waals surface area contributed by atoms with Crippen LogP contribution in [0.2, 0.25) is 0 Å². The van der Waals surface area contributed by atoms with Gasteiger partial charge in [-0.2, -0.15) is 9.36 Å². The van der Waals surface area contributed by atoms with Crippen LogP contribution in [0.3, 0.4) is 0 Å². The Bertz CT molecular complexity index is 1240. The number of carbonyl (C=O) groups is 2. The Hall–Kier alpha value is -3.81. The monoisotopic (exact) mass is 530 g/mol. The fourth-order valence-electron chi connectivity index (χ4n) is 3.55. The molecule has 0 saturated carbocycles. The second kappa shape index (κ2) is 11.1. The summed E-state index contributed by atoms with van der Waals surface area (Å²) in [5.74, 6) is 0.739. The summed E-state index contributed by atoms with van der Waals surface area (Å²) in [7, 11) is 0. The molecule has 1 unspecified atom stereocenters. The van der Waals surface area contributed by atoms with Gasteiger partial charge in [0, 0.05) is 29.2 Å². The number of halogens is 1. The number of imide groups is 1. The Kier molecular flexibility index (Phi) is 7.86. The Morgan fingerprint density at radius 1 is 1.14 bits per heavy atom.